The van der Waals surface area contributed by atoms with Crippen LogP contribution in [0.15, 0.2) is 30.5 Å². The number of carbonyl (C=O) groups excluding carboxylic acids is 1. The molecule has 12 heteroatoms. The quantitative estimate of drug-likeness (QED) is 0.248. The molecule has 2 amide bonds. The van der Waals surface area contributed by atoms with Gasteiger partial charge in [0.05, 0.1) is 11.3 Å². The second-order valence-corrected chi connectivity index (χ2v) is 11.2. The first-order valence-corrected chi connectivity index (χ1v) is 13.8. The van der Waals surface area contributed by atoms with Crippen LogP contribution in [0.2, 0.25) is 0 Å². The van der Waals surface area contributed by atoms with E-state index in [9.17, 15) is 33.0 Å². The van der Waals surface area contributed by atoms with Crippen molar-refractivity contribution in [2.24, 2.45) is 11.8 Å². The Labute approximate surface area is 238 Å². The van der Waals surface area contributed by atoms with Gasteiger partial charge in [-0.2, -0.15) is 13.2 Å². The predicted molar refractivity (Wildman–Crippen MR) is 148 cm³/mol. The largest absolute Gasteiger partial charge is 0.478 e. The summed E-state index contributed by atoms with van der Waals surface area (Å²) in [5.41, 5.74) is -1.04. The summed E-state index contributed by atoms with van der Waals surface area (Å²) in [5.74, 6) is -1.69. The van der Waals surface area contributed by atoms with Crippen LogP contribution in [0.4, 0.5) is 23.7 Å². The third kappa shape index (κ3) is 8.48. The Kier molecular flexibility index (Phi) is 10.5. The summed E-state index contributed by atoms with van der Waals surface area (Å²) < 4.78 is 47.2. The summed E-state index contributed by atoms with van der Waals surface area (Å²) >= 11 is 0. The van der Waals surface area contributed by atoms with Gasteiger partial charge in [0.2, 0.25) is 5.88 Å². The molecule has 9 nitrogen and oxygen atoms in total. The summed E-state index contributed by atoms with van der Waals surface area (Å²) in [7, 11) is 0. The highest BCUT2D eigenvalue weighted by atomic mass is 19.4. The highest BCUT2D eigenvalue weighted by Gasteiger charge is 2.37. The van der Waals surface area contributed by atoms with Crippen molar-refractivity contribution in [1.29, 1.82) is 0 Å². The van der Waals surface area contributed by atoms with Crippen LogP contribution in [0.5, 0.6) is 11.6 Å². The number of aliphatic hydroxyl groups is 1. The molecular weight excluding hydrogens is 541 g/mol. The number of alkyl halides is 3. The average Bonchev–Trinajstić information content (AvgIpc) is 2.88. The minimum Gasteiger partial charge on any atom is -0.478 e. The van der Waals surface area contributed by atoms with Gasteiger partial charge in [0.25, 0.3) is 0 Å². The second kappa shape index (κ2) is 13.4. The lowest BCUT2D eigenvalue weighted by Crippen LogP contribution is -2.46. The van der Waals surface area contributed by atoms with Gasteiger partial charge in [-0.1, -0.05) is 19.8 Å². The van der Waals surface area contributed by atoms with Crippen LogP contribution in [-0.4, -0.2) is 45.5 Å². The monoisotopic (exact) mass is 580 g/mol. The molecule has 1 atom stereocenters. The number of aliphatic hydroxyl groups excluding tert-OH is 1. The maximum absolute atomic E-state index is 13.9. The number of carboxylic acid groups (broad SMARTS) is 1. The van der Waals surface area contributed by atoms with Crippen molar-refractivity contribution in [3.8, 4) is 11.6 Å². The molecule has 1 aromatic carbocycles. The minimum atomic E-state index is -4.83. The molecule has 1 aromatic heterocycles. The molecule has 41 heavy (non-hydrogen) atoms. The standard InChI is InChI=1S/C29H39F3N4O5/c1-16(2)35-28(40)34-15-19-12-23(29(30,31)32)25(33-14-19)41-21-10-11-24(22(13-21)27(38)39)36(17(3)4)26(37)20-8-6-18(5)7-9-20/h10-14,16-18,20,26,37H,6-9,15H2,1-5H3,(H,38,39)(H2,34,35,40). The topological polar surface area (TPSA) is 124 Å². The number of carboxylic acids is 1. The molecule has 1 aliphatic carbocycles. The minimum absolute atomic E-state index is 0.0332. The number of nitrogens with one attached hydrogen (secondary N) is 2. The number of benzene rings is 1. The SMILES string of the molecule is CC1CCC(C(O)N(c2ccc(Oc3ncc(CNC(=O)NC(C)C)cc3C(F)(F)F)cc2C(=O)O)C(C)C)CC1. The molecule has 0 aliphatic heterocycles. The van der Waals surface area contributed by atoms with Crippen molar-refractivity contribution in [2.75, 3.05) is 4.90 Å². The van der Waals surface area contributed by atoms with Gasteiger partial charge >= 0.3 is 18.2 Å². The number of nitrogens with zero attached hydrogens (tertiary/aromatic N) is 2. The van der Waals surface area contributed by atoms with Gasteiger partial charge in [-0.15, -0.1) is 0 Å². The lowest BCUT2D eigenvalue weighted by atomic mass is 9.81. The van der Waals surface area contributed by atoms with E-state index in [0.29, 0.717) is 5.92 Å². The molecule has 3 rings (SSSR count). The highest BCUT2D eigenvalue weighted by molar-refractivity contribution is 5.95. The number of aromatic carboxylic acids is 1. The summed E-state index contributed by atoms with van der Waals surface area (Å²) in [6.45, 7) is 9.15. The van der Waals surface area contributed by atoms with E-state index >= 15 is 0 Å². The smallest absolute Gasteiger partial charge is 0.421 e. The third-order valence-corrected chi connectivity index (χ3v) is 7.10. The van der Waals surface area contributed by atoms with Crippen molar-refractivity contribution >= 4 is 17.7 Å². The Balaban J connectivity index is 1.89. The zero-order valence-corrected chi connectivity index (χ0v) is 24.0. The van der Waals surface area contributed by atoms with E-state index in [4.69, 9.17) is 4.74 Å². The Morgan fingerprint density at radius 1 is 1.12 bits per heavy atom. The maximum atomic E-state index is 13.9. The van der Waals surface area contributed by atoms with Gasteiger partial charge in [0.1, 0.15) is 17.5 Å². The molecule has 2 aromatic rings. The highest BCUT2D eigenvalue weighted by Crippen LogP contribution is 2.39. The van der Waals surface area contributed by atoms with E-state index in [1.807, 2.05) is 13.8 Å². The molecule has 0 radical (unpaired) electrons. The maximum Gasteiger partial charge on any atom is 0.421 e. The molecule has 1 aliphatic rings. The molecule has 1 saturated carbocycles. The molecule has 1 unspecified atom stereocenters. The Bertz CT molecular complexity index is 1210. The number of hydrogen-bond donors (Lipinski definition) is 4. The van der Waals surface area contributed by atoms with Crippen LogP contribution in [-0.2, 0) is 12.7 Å². The van der Waals surface area contributed by atoms with Crippen molar-refractivity contribution in [3.05, 3.63) is 47.2 Å². The summed E-state index contributed by atoms with van der Waals surface area (Å²) in [6.07, 6.45) is -1.03. The van der Waals surface area contributed by atoms with Crippen LogP contribution in [0.25, 0.3) is 0 Å². The summed E-state index contributed by atoms with van der Waals surface area (Å²) in [6, 6.07) is 3.82. The van der Waals surface area contributed by atoms with Crippen LogP contribution < -0.4 is 20.3 Å². The summed E-state index contributed by atoms with van der Waals surface area (Å²) in [5, 5.41) is 26.3. The summed E-state index contributed by atoms with van der Waals surface area (Å²) in [4.78, 5) is 29.5. The van der Waals surface area contributed by atoms with Crippen molar-refractivity contribution in [3.63, 3.8) is 0 Å². The van der Waals surface area contributed by atoms with E-state index in [0.717, 1.165) is 44.0 Å². The molecule has 1 heterocycles. The number of amides is 2. The van der Waals surface area contributed by atoms with Crippen molar-refractivity contribution < 1.29 is 37.7 Å². The number of ether oxygens (including phenoxy) is 1. The average molecular weight is 581 g/mol. The van der Waals surface area contributed by atoms with Gasteiger partial charge in [0.15, 0.2) is 0 Å². The van der Waals surface area contributed by atoms with E-state index in [1.54, 1.807) is 18.7 Å². The molecule has 0 bridgehead atoms. The molecule has 0 saturated heterocycles. The van der Waals surface area contributed by atoms with Gasteiger partial charge in [-0.25, -0.2) is 14.6 Å². The van der Waals surface area contributed by atoms with Crippen LogP contribution >= 0.6 is 0 Å². The number of urea groups is 1. The number of aromatic nitrogens is 1. The van der Waals surface area contributed by atoms with E-state index in [1.165, 1.54) is 12.1 Å². The number of halogens is 3. The second-order valence-electron chi connectivity index (χ2n) is 11.2. The molecular formula is C29H39F3N4O5. The fraction of sp³-hybridized carbons (Fsp3) is 0.552. The van der Waals surface area contributed by atoms with Crippen LogP contribution in [0.3, 0.4) is 0 Å². The normalized spacial score (nSPS) is 18.2. The molecule has 1 fully saturated rings. The first kappa shape index (κ1) is 32.0. The van der Waals surface area contributed by atoms with E-state index in [2.05, 4.69) is 22.5 Å². The lowest BCUT2D eigenvalue weighted by molar-refractivity contribution is -0.138. The number of pyridine rings is 1. The van der Waals surface area contributed by atoms with Gasteiger partial charge in [-0.05, 0) is 76.3 Å². The Morgan fingerprint density at radius 3 is 2.34 bits per heavy atom. The Hall–Kier alpha value is -3.54. The number of carbonyl (C=O) groups is 2. The van der Waals surface area contributed by atoms with Crippen LogP contribution in [0.1, 0.15) is 81.8 Å². The van der Waals surface area contributed by atoms with Crippen molar-refractivity contribution in [2.45, 2.75) is 91.3 Å². The number of rotatable bonds is 10. The van der Waals surface area contributed by atoms with E-state index in [-0.39, 0.29) is 47.1 Å². The lowest BCUT2D eigenvalue weighted by Gasteiger charge is -2.40. The fourth-order valence-corrected chi connectivity index (χ4v) is 5.00. The molecule has 226 valence electrons. The van der Waals surface area contributed by atoms with Crippen LogP contribution in [0, 0.1) is 11.8 Å². The zero-order chi connectivity index (χ0) is 30.5. The molecule has 0 spiro atoms. The number of anilines is 1. The third-order valence-electron chi connectivity index (χ3n) is 7.10. The zero-order valence-electron chi connectivity index (χ0n) is 24.0. The predicted octanol–water partition coefficient (Wildman–Crippen LogP) is 6.16. The molecule has 4 N–H and O–H groups in total. The van der Waals surface area contributed by atoms with E-state index < -0.39 is 35.8 Å². The Morgan fingerprint density at radius 2 is 1.78 bits per heavy atom. The van der Waals surface area contributed by atoms with Gasteiger partial charge < -0.3 is 30.5 Å². The van der Waals surface area contributed by atoms with Gasteiger partial charge in [-0.3, -0.25) is 0 Å². The first-order valence-electron chi connectivity index (χ1n) is 13.8. The number of hydrogen-bond acceptors (Lipinski definition) is 6. The van der Waals surface area contributed by atoms with Gasteiger partial charge in [0, 0.05) is 30.7 Å². The first-order chi connectivity index (χ1) is 19.2. The van der Waals surface area contributed by atoms with Crippen molar-refractivity contribution in [1.82, 2.24) is 15.6 Å². The fourth-order valence-electron chi connectivity index (χ4n) is 5.00.